The van der Waals surface area contributed by atoms with E-state index in [-0.39, 0.29) is 5.92 Å². The zero-order chi connectivity index (χ0) is 17.3. The number of alkyl halides is 3. The minimum atomic E-state index is -4.68. The summed E-state index contributed by atoms with van der Waals surface area (Å²) < 4.78 is 43.5. The highest BCUT2D eigenvalue weighted by Crippen LogP contribution is 2.30. The van der Waals surface area contributed by atoms with Crippen molar-refractivity contribution in [1.29, 1.82) is 0 Å². The maximum atomic E-state index is 12.5. The maximum Gasteiger partial charge on any atom is 0.436 e. The highest BCUT2D eigenvalue weighted by molar-refractivity contribution is 5.91. The molecule has 0 bridgehead atoms. The third-order valence-corrected chi connectivity index (χ3v) is 3.97. The highest BCUT2D eigenvalue weighted by atomic mass is 19.4. The second kappa shape index (κ2) is 6.27. The largest absolute Gasteiger partial charge is 0.436 e. The Morgan fingerprint density at radius 1 is 1.46 bits per heavy atom. The fourth-order valence-electron chi connectivity index (χ4n) is 2.85. The quantitative estimate of drug-likeness (QED) is 0.876. The number of aliphatic hydroxyl groups excluding tert-OH is 1. The van der Waals surface area contributed by atoms with Crippen LogP contribution in [-0.2, 0) is 12.7 Å². The second-order valence-electron chi connectivity index (χ2n) is 5.79. The van der Waals surface area contributed by atoms with Crippen LogP contribution in [0.1, 0.15) is 29.1 Å². The number of nitrogens with one attached hydrogen (secondary N) is 1. The Hall–Kier alpha value is -2.36. The number of carbonyl (C=O) groups excluding carboxylic acids is 1. The first-order valence-corrected chi connectivity index (χ1v) is 7.33. The van der Waals surface area contributed by atoms with Crippen LogP contribution < -0.4 is 5.32 Å². The van der Waals surface area contributed by atoms with Crippen molar-refractivity contribution in [1.82, 2.24) is 20.3 Å². The molecule has 0 aliphatic heterocycles. The lowest BCUT2D eigenvalue weighted by Gasteiger charge is -2.15. The Bertz CT molecular complexity index is 698. The molecule has 7 nitrogen and oxygen atoms in total. The summed E-state index contributed by atoms with van der Waals surface area (Å²) in [6.45, 7) is 0.594. The van der Waals surface area contributed by atoms with Crippen molar-refractivity contribution in [3.63, 3.8) is 0 Å². The van der Waals surface area contributed by atoms with Crippen LogP contribution in [0.2, 0.25) is 0 Å². The molecule has 2 aromatic heterocycles. The van der Waals surface area contributed by atoms with Gasteiger partial charge < -0.3 is 14.9 Å². The molecule has 0 aromatic carbocycles. The Balaban J connectivity index is 1.59. The first kappa shape index (κ1) is 16.5. The summed E-state index contributed by atoms with van der Waals surface area (Å²) in [5, 5.41) is 19.5. The summed E-state index contributed by atoms with van der Waals surface area (Å²) in [5.41, 5.74) is -1.27. The van der Waals surface area contributed by atoms with Crippen LogP contribution >= 0.6 is 0 Å². The van der Waals surface area contributed by atoms with E-state index in [1.807, 2.05) is 0 Å². The van der Waals surface area contributed by atoms with E-state index < -0.39 is 35.7 Å². The van der Waals surface area contributed by atoms with Crippen LogP contribution in [-0.4, -0.2) is 38.1 Å². The molecule has 1 saturated carbocycles. The van der Waals surface area contributed by atoms with E-state index in [2.05, 4.69) is 20.1 Å². The summed E-state index contributed by atoms with van der Waals surface area (Å²) in [5.74, 6) is -1.27. The van der Waals surface area contributed by atoms with Gasteiger partial charge in [0.15, 0.2) is 5.69 Å². The molecule has 3 rings (SSSR count). The van der Waals surface area contributed by atoms with Gasteiger partial charge in [-0.15, -0.1) is 0 Å². The third kappa shape index (κ3) is 3.58. The molecule has 2 N–H and O–H groups in total. The summed E-state index contributed by atoms with van der Waals surface area (Å²) in [6, 6.07) is 1.77. The molecule has 3 atom stereocenters. The molecule has 2 aromatic rings. The average molecular weight is 344 g/mol. The van der Waals surface area contributed by atoms with Gasteiger partial charge in [-0.25, -0.2) is 0 Å². The number of hydrogen-bond acceptors (Lipinski definition) is 5. The minimum Gasteiger partial charge on any atom is -0.391 e. The van der Waals surface area contributed by atoms with Gasteiger partial charge in [0, 0.05) is 25.0 Å². The molecule has 0 spiro atoms. The Morgan fingerprint density at radius 3 is 2.88 bits per heavy atom. The van der Waals surface area contributed by atoms with Crippen molar-refractivity contribution in [2.45, 2.75) is 37.7 Å². The van der Waals surface area contributed by atoms with Crippen LogP contribution in [0.4, 0.5) is 13.2 Å². The van der Waals surface area contributed by atoms with E-state index in [4.69, 9.17) is 0 Å². The van der Waals surface area contributed by atoms with E-state index in [9.17, 15) is 23.1 Å². The molecule has 130 valence electrons. The van der Waals surface area contributed by atoms with Gasteiger partial charge in [0.25, 0.3) is 5.91 Å². The van der Waals surface area contributed by atoms with Gasteiger partial charge >= 0.3 is 6.18 Å². The molecular formula is C14H15F3N4O3. The van der Waals surface area contributed by atoms with Crippen LogP contribution in [0.25, 0.3) is 0 Å². The lowest BCUT2D eigenvalue weighted by molar-refractivity contribution is -0.142. The number of amides is 1. The molecule has 0 radical (unpaired) electrons. The predicted octanol–water partition coefficient (Wildman–Crippen LogP) is 1.46. The first-order chi connectivity index (χ1) is 11.3. The van der Waals surface area contributed by atoms with E-state index in [1.165, 1.54) is 0 Å². The molecule has 2 heterocycles. The van der Waals surface area contributed by atoms with Crippen LogP contribution in [0.3, 0.4) is 0 Å². The standard InChI is InChI=1S/C14H15F3N4O3/c15-14(16,17)12-6-11(24-20-12)13(23)19-9-4-8(5-10(9)22)7-21-3-1-2-18-21/h1-3,6,8-10,22H,4-5,7H2,(H,19,23)/t8?,9-,10-/m1/s1. The van der Waals surface area contributed by atoms with Crippen molar-refractivity contribution in [2.24, 2.45) is 5.92 Å². The van der Waals surface area contributed by atoms with Gasteiger partial charge in [0.1, 0.15) is 0 Å². The molecule has 24 heavy (non-hydrogen) atoms. The topological polar surface area (TPSA) is 93.2 Å². The van der Waals surface area contributed by atoms with Gasteiger partial charge in [-0.3, -0.25) is 9.48 Å². The van der Waals surface area contributed by atoms with Crippen molar-refractivity contribution in [2.75, 3.05) is 0 Å². The SMILES string of the molecule is O=C(N[C@@H]1CC(Cn2cccn2)C[C@H]1O)c1cc(C(F)(F)F)no1. The summed E-state index contributed by atoms with van der Waals surface area (Å²) >= 11 is 0. The van der Waals surface area contributed by atoms with E-state index in [0.717, 1.165) is 0 Å². The van der Waals surface area contributed by atoms with Gasteiger partial charge in [0.2, 0.25) is 5.76 Å². The lowest BCUT2D eigenvalue weighted by atomic mass is 10.1. The van der Waals surface area contributed by atoms with E-state index in [1.54, 1.807) is 23.1 Å². The van der Waals surface area contributed by atoms with Crippen LogP contribution in [0, 0.1) is 5.92 Å². The molecule has 1 fully saturated rings. The highest BCUT2D eigenvalue weighted by Gasteiger charge is 2.38. The average Bonchev–Trinajstić information content (AvgIpc) is 3.21. The first-order valence-electron chi connectivity index (χ1n) is 7.33. The summed E-state index contributed by atoms with van der Waals surface area (Å²) in [6.07, 6.45) is -1.05. The number of aliphatic hydroxyl groups is 1. The molecular weight excluding hydrogens is 329 g/mol. The maximum absolute atomic E-state index is 12.5. The number of halogens is 3. The minimum absolute atomic E-state index is 0.102. The molecule has 1 unspecified atom stereocenters. The number of hydrogen-bond donors (Lipinski definition) is 2. The number of rotatable bonds is 4. The number of nitrogens with zero attached hydrogens (tertiary/aromatic N) is 3. The third-order valence-electron chi connectivity index (χ3n) is 3.97. The Labute approximate surface area is 134 Å². The zero-order valence-electron chi connectivity index (χ0n) is 12.4. The van der Waals surface area contributed by atoms with E-state index >= 15 is 0 Å². The van der Waals surface area contributed by atoms with Gasteiger partial charge in [0.05, 0.1) is 12.1 Å². The van der Waals surface area contributed by atoms with Crippen molar-refractivity contribution in [3.8, 4) is 0 Å². The van der Waals surface area contributed by atoms with Gasteiger partial charge in [-0.1, -0.05) is 5.16 Å². The molecule has 10 heteroatoms. The summed E-state index contributed by atoms with van der Waals surface area (Å²) in [7, 11) is 0. The molecule has 1 aliphatic rings. The molecule has 1 amide bonds. The summed E-state index contributed by atoms with van der Waals surface area (Å²) in [4.78, 5) is 12.0. The Kier molecular flexibility index (Phi) is 4.31. The molecule has 1 aliphatic carbocycles. The van der Waals surface area contributed by atoms with Crippen LogP contribution in [0.15, 0.2) is 29.0 Å². The van der Waals surface area contributed by atoms with Crippen molar-refractivity contribution in [3.05, 3.63) is 36.0 Å². The zero-order valence-corrected chi connectivity index (χ0v) is 12.4. The fraction of sp³-hybridized carbons (Fsp3) is 0.500. The van der Waals surface area contributed by atoms with Crippen molar-refractivity contribution < 1.29 is 27.6 Å². The van der Waals surface area contributed by atoms with E-state index in [0.29, 0.717) is 25.5 Å². The lowest BCUT2D eigenvalue weighted by Crippen LogP contribution is -2.39. The monoisotopic (exact) mass is 344 g/mol. The number of carbonyl (C=O) groups is 1. The number of aromatic nitrogens is 3. The smallest absolute Gasteiger partial charge is 0.391 e. The normalized spacial score (nSPS) is 24.2. The predicted molar refractivity (Wildman–Crippen MR) is 73.7 cm³/mol. The fourth-order valence-corrected chi connectivity index (χ4v) is 2.85. The van der Waals surface area contributed by atoms with Crippen LogP contribution in [0.5, 0.6) is 0 Å². The van der Waals surface area contributed by atoms with Crippen molar-refractivity contribution >= 4 is 5.91 Å². The van der Waals surface area contributed by atoms with Gasteiger partial charge in [-0.05, 0) is 24.8 Å². The second-order valence-corrected chi connectivity index (χ2v) is 5.79. The van der Waals surface area contributed by atoms with Gasteiger partial charge in [-0.2, -0.15) is 18.3 Å². The molecule has 0 saturated heterocycles. The Morgan fingerprint density at radius 2 is 2.25 bits per heavy atom.